The Balaban J connectivity index is 4.49. The molecule has 0 amide bonds. The molecule has 0 rings (SSSR count). The molecule has 0 bridgehead atoms. The van der Waals surface area contributed by atoms with Crippen LogP contribution in [0.5, 0.6) is 0 Å². The van der Waals surface area contributed by atoms with E-state index >= 15 is 0 Å². The fourth-order valence-corrected chi connectivity index (χ4v) is 7.18. The third-order valence-corrected chi connectivity index (χ3v) is 11.2. The van der Waals surface area contributed by atoms with Gasteiger partial charge in [-0.2, -0.15) is 0 Å². The first-order valence-electron chi connectivity index (χ1n) is 27.4. The second-order valence-corrected chi connectivity index (χ2v) is 17.7. The van der Waals surface area contributed by atoms with E-state index < -0.39 is 6.10 Å². The monoisotopic (exact) mass is 929 g/mol. The summed E-state index contributed by atoms with van der Waals surface area (Å²) in [6.45, 7) is 6.35. The Kier molecular flexibility index (Phi) is 51.5. The smallest absolute Gasteiger partial charge is 0.306 e. The molecule has 6 nitrogen and oxygen atoms in total. The lowest BCUT2D eigenvalue weighted by atomic mass is 10.1. The summed E-state index contributed by atoms with van der Waals surface area (Å²) in [5, 5.41) is 0. The van der Waals surface area contributed by atoms with Crippen LogP contribution in [0.1, 0.15) is 239 Å². The molecule has 0 spiro atoms. The number of unbranched alkanes of at least 4 members (excludes halogenated alkanes) is 19. The van der Waals surface area contributed by atoms with Crippen molar-refractivity contribution in [1.82, 2.24) is 0 Å². The zero-order valence-electron chi connectivity index (χ0n) is 43.4. The molecule has 67 heavy (non-hydrogen) atoms. The predicted molar refractivity (Wildman–Crippen MR) is 288 cm³/mol. The highest BCUT2D eigenvalue weighted by atomic mass is 16.6. The lowest BCUT2D eigenvalue weighted by Gasteiger charge is -2.18. The molecule has 1 atom stereocenters. The summed E-state index contributed by atoms with van der Waals surface area (Å²) >= 11 is 0. The first-order chi connectivity index (χ1) is 33.0. The molecular formula is C61H100O6. The van der Waals surface area contributed by atoms with E-state index in [1.165, 1.54) is 64.2 Å². The molecule has 0 radical (unpaired) electrons. The molecule has 6 heteroatoms. The van der Waals surface area contributed by atoms with Gasteiger partial charge in [0.25, 0.3) is 0 Å². The van der Waals surface area contributed by atoms with Gasteiger partial charge in [0.05, 0.1) is 0 Å². The van der Waals surface area contributed by atoms with Gasteiger partial charge in [-0.05, 0) is 122 Å². The van der Waals surface area contributed by atoms with Crippen LogP contribution in [-0.4, -0.2) is 37.2 Å². The van der Waals surface area contributed by atoms with Crippen LogP contribution in [0.15, 0.2) is 109 Å². The van der Waals surface area contributed by atoms with Gasteiger partial charge >= 0.3 is 17.9 Å². The highest BCUT2D eigenvalue weighted by Gasteiger charge is 2.19. The van der Waals surface area contributed by atoms with Gasteiger partial charge in [-0.25, -0.2) is 0 Å². The zero-order valence-corrected chi connectivity index (χ0v) is 43.4. The Bertz CT molecular complexity index is 1390. The summed E-state index contributed by atoms with van der Waals surface area (Å²) in [5.41, 5.74) is 0. The fourth-order valence-electron chi connectivity index (χ4n) is 7.18. The Morgan fingerprint density at radius 2 is 0.582 bits per heavy atom. The first-order valence-corrected chi connectivity index (χ1v) is 27.4. The summed E-state index contributed by atoms with van der Waals surface area (Å²) in [5.74, 6) is -0.956. The second-order valence-electron chi connectivity index (χ2n) is 17.7. The molecule has 0 aromatic heterocycles. The van der Waals surface area contributed by atoms with Gasteiger partial charge in [-0.15, -0.1) is 0 Å². The first kappa shape index (κ1) is 63.1. The van der Waals surface area contributed by atoms with Crippen LogP contribution in [0, 0.1) is 0 Å². The molecule has 0 aromatic carbocycles. The van der Waals surface area contributed by atoms with Gasteiger partial charge in [-0.3, -0.25) is 14.4 Å². The highest BCUT2D eigenvalue weighted by Crippen LogP contribution is 2.14. The molecule has 0 unspecified atom stereocenters. The van der Waals surface area contributed by atoms with Crippen LogP contribution in [0.4, 0.5) is 0 Å². The Morgan fingerprint density at radius 1 is 0.313 bits per heavy atom. The average Bonchev–Trinajstić information content (AvgIpc) is 3.33. The standard InChI is InChI=1S/C61H100O6/c1-4-7-10-13-16-19-22-25-28-29-30-31-34-36-39-42-45-48-51-54-60(63)66-57-58(67-61(64)55-52-49-46-43-40-37-33-27-24-21-18-15-12-9-6-3)56-65-59(62)53-50-47-44-41-38-35-32-26-23-20-17-14-11-8-5-2/h7-8,10-11,16-17,19-21,24-26,28,30-32,36,39,58H,4-6,9,12-15,18,22-23,27,29,33-35,37-38,40-57H2,1-3H3/b10-7-,11-8-,19-16-,20-17-,24-21-,28-25-,31-30-,32-26-,39-36-/t58-/m0/s1. The lowest BCUT2D eigenvalue weighted by Crippen LogP contribution is -2.30. The van der Waals surface area contributed by atoms with Crippen molar-refractivity contribution in [2.75, 3.05) is 13.2 Å². The minimum absolute atomic E-state index is 0.101. The van der Waals surface area contributed by atoms with Gasteiger partial charge in [0.1, 0.15) is 13.2 Å². The summed E-state index contributed by atoms with van der Waals surface area (Å²) < 4.78 is 16.8. The van der Waals surface area contributed by atoms with Crippen molar-refractivity contribution in [1.29, 1.82) is 0 Å². The molecule has 0 aliphatic rings. The normalized spacial score (nSPS) is 12.9. The predicted octanol–water partition coefficient (Wildman–Crippen LogP) is 18.3. The number of ether oxygens (including phenoxy) is 3. The van der Waals surface area contributed by atoms with Gasteiger partial charge in [0.2, 0.25) is 0 Å². The van der Waals surface area contributed by atoms with Crippen LogP contribution in [0.25, 0.3) is 0 Å². The minimum atomic E-state index is -0.803. The molecule has 0 aliphatic heterocycles. The van der Waals surface area contributed by atoms with Gasteiger partial charge in [0.15, 0.2) is 6.10 Å². The Morgan fingerprint density at radius 3 is 0.940 bits per heavy atom. The maximum Gasteiger partial charge on any atom is 0.306 e. The lowest BCUT2D eigenvalue weighted by molar-refractivity contribution is -0.167. The van der Waals surface area contributed by atoms with E-state index in [0.29, 0.717) is 19.3 Å². The van der Waals surface area contributed by atoms with E-state index in [9.17, 15) is 14.4 Å². The van der Waals surface area contributed by atoms with Crippen molar-refractivity contribution in [3.63, 3.8) is 0 Å². The Labute approximate surface area is 412 Å². The van der Waals surface area contributed by atoms with Crippen LogP contribution in [-0.2, 0) is 28.6 Å². The topological polar surface area (TPSA) is 78.9 Å². The van der Waals surface area contributed by atoms with Crippen molar-refractivity contribution >= 4 is 17.9 Å². The van der Waals surface area contributed by atoms with E-state index in [1.807, 2.05) is 0 Å². The molecule has 0 saturated carbocycles. The summed E-state index contributed by atoms with van der Waals surface area (Å²) in [7, 11) is 0. The van der Waals surface area contributed by atoms with Crippen LogP contribution in [0.2, 0.25) is 0 Å². The number of carbonyl (C=O) groups excluding carboxylic acids is 3. The molecular weight excluding hydrogens is 829 g/mol. The maximum atomic E-state index is 12.8. The number of allylic oxidation sites excluding steroid dienone is 18. The molecule has 380 valence electrons. The van der Waals surface area contributed by atoms with Crippen molar-refractivity contribution in [3.8, 4) is 0 Å². The van der Waals surface area contributed by atoms with Crippen LogP contribution >= 0.6 is 0 Å². The van der Waals surface area contributed by atoms with Gasteiger partial charge in [0, 0.05) is 19.3 Å². The van der Waals surface area contributed by atoms with Gasteiger partial charge in [-0.1, -0.05) is 207 Å². The van der Waals surface area contributed by atoms with Crippen LogP contribution < -0.4 is 0 Å². The van der Waals surface area contributed by atoms with Crippen molar-refractivity contribution in [2.24, 2.45) is 0 Å². The summed E-state index contributed by atoms with van der Waals surface area (Å²) in [6, 6.07) is 0. The minimum Gasteiger partial charge on any atom is -0.462 e. The van der Waals surface area contributed by atoms with E-state index in [1.54, 1.807) is 0 Å². The highest BCUT2D eigenvalue weighted by molar-refractivity contribution is 5.71. The van der Waals surface area contributed by atoms with Crippen molar-refractivity contribution in [3.05, 3.63) is 109 Å². The summed E-state index contributed by atoms with van der Waals surface area (Å²) in [4.78, 5) is 38.1. The van der Waals surface area contributed by atoms with Crippen molar-refractivity contribution < 1.29 is 28.6 Å². The third kappa shape index (κ3) is 52.9. The number of hydrogen-bond donors (Lipinski definition) is 0. The molecule has 0 fully saturated rings. The zero-order chi connectivity index (χ0) is 48.6. The van der Waals surface area contributed by atoms with E-state index in [4.69, 9.17) is 14.2 Å². The van der Waals surface area contributed by atoms with Crippen LogP contribution in [0.3, 0.4) is 0 Å². The van der Waals surface area contributed by atoms with E-state index in [0.717, 1.165) is 135 Å². The molecule has 0 saturated heterocycles. The Hall–Kier alpha value is -3.93. The fraction of sp³-hybridized carbons (Fsp3) is 0.656. The molecule has 0 aliphatic carbocycles. The van der Waals surface area contributed by atoms with E-state index in [-0.39, 0.29) is 31.1 Å². The van der Waals surface area contributed by atoms with E-state index in [2.05, 4.69) is 130 Å². The second kappa shape index (κ2) is 54.7. The maximum absolute atomic E-state index is 12.8. The summed E-state index contributed by atoms with van der Waals surface area (Å²) in [6.07, 6.45) is 73.5. The number of esters is 3. The largest absolute Gasteiger partial charge is 0.462 e. The molecule has 0 aromatic rings. The quantitative estimate of drug-likeness (QED) is 0.0262. The third-order valence-electron chi connectivity index (χ3n) is 11.2. The van der Waals surface area contributed by atoms with Crippen molar-refractivity contribution in [2.45, 2.75) is 245 Å². The molecule has 0 heterocycles. The molecule has 0 N–H and O–H groups in total. The number of hydrogen-bond acceptors (Lipinski definition) is 6. The van der Waals surface area contributed by atoms with Gasteiger partial charge < -0.3 is 14.2 Å². The number of rotatable bonds is 48. The average molecular weight is 929 g/mol. The SMILES string of the molecule is CC/C=C\C/C=C\C/C=C\C/C=C\C/C=C\CCCCCC(=O)OC[C@H](COC(=O)CCCCCCC/C=C\C/C=C\C/C=C\CC)OC(=O)CCCCCCCCC/C=C\CCCCCC. The number of carbonyl (C=O) groups is 3.